The van der Waals surface area contributed by atoms with E-state index in [-0.39, 0.29) is 5.97 Å². The summed E-state index contributed by atoms with van der Waals surface area (Å²) in [6, 6.07) is 14.6. The molecule has 5 nitrogen and oxygen atoms in total. The molecule has 0 spiro atoms. The normalized spacial score (nSPS) is 11.0. The second-order valence-electron chi connectivity index (χ2n) is 7.35. The van der Waals surface area contributed by atoms with Crippen LogP contribution in [-0.2, 0) is 4.74 Å². The molecular weight excluding hydrogens is 376 g/mol. The number of benzene rings is 2. The third-order valence-corrected chi connectivity index (χ3v) is 4.70. The summed E-state index contributed by atoms with van der Waals surface area (Å²) in [5.74, 6) is 0.526. The predicted octanol–water partition coefficient (Wildman–Crippen LogP) is 7.80. The van der Waals surface area contributed by atoms with Crippen molar-refractivity contribution in [1.82, 2.24) is 0 Å². The highest BCUT2D eigenvalue weighted by molar-refractivity contribution is 5.90. The number of rotatable bonds is 14. The molecular formula is C25H34N2O3. The Balaban J connectivity index is 1.82. The first-order valence-electron chi connectivity index (χ1n) is 11.1. The van der Waals surface area contributed by atoms with Crippen molar-refractivity contribution in [2.24, 2.45) is 10.2 Å². The lowest BCUT2D eigenvalue weighted by Crippen LogP contribution is -2.06. The molecule has 5 heteroatoms. The zero-order valence-corrected chi connectivity index (χ0v) is 18.3. The Labute approximate surface area is 180 Å². The number of nitrogens with zero attached hydrogens (tertiary/aromatic N) is 2. The van der Waals surface area contributed by atoms with E-state index in [1.54, 1.807) is 18.2 Å². The first-order chi connectivity index (χ1) is 14.7. The number of ether oxygens (including phenoxy) is 2. The molecule has 0 N–H and O–H groups in total. The number of azo groups is 1. The van der Waals surface area contributed by atoms with Crippen LogP contribution in [0.3, 0.4) is 0 Å². The number of hydrogen-bond donors (Lipinski definition) is 0. The van der Waals surface area contributed by atoms with E-state index in [4.69, 9.17) is 9.47 Å². The van der Waals surface area contributed by atoms with Crippen molar-refractivity contribution in [1.29, 1.82) is 0 Å². The molecule has 0 aliphatic rings. The van der Waals surface area contributed by atoms with Crippen molar-refractivity contribution in [3.63, 3.8) is 0 Å². The minimum Gasteiger partial charge on any atom is -0.494 e. The van der Waals surface area contributed by atoms with E-state index in [1.807, 2.05) is 30.3 Å². The van der Waals surface area contributed by atoms with Gasteiger partial charge >= 0.3 is 5.97 Å². The first-order valence-corrected chi connectivity index (χ1v) is 11.1. The van der Waals surface area contributed by atoms with Crippen molar-refractivity contribution in [3.05, 3.63) is 54.1 Å². The summed E-state index contributed by atoms with van der Waals surface area (Å²) >= 11 is 0. The largest absolute Gasteiger partial charge is 0.494 e. The Morgan fingerprint density at radius 1 is 0.767 bits per heavy atom. The van der Waals surface area contributed by atoms with Crippen LogP contribution in [0.25, 0.3) is 0 Å². The fourth-order valence-electron chi connectivity index (χ4n) is 2.92. The third kappa shape index (κ3) is 9.21. The third-order valence-electron chi connectivity index (χ3n) is 4.70. The van der Waals surface area contributed by atoms with Crippen LogP contribution in [0.5, 0.6) is 5.75 Å². The lowest BCUT2D eigenvalue weighted by Gasteiger charge is -2.06. The van der Waals surface area contributed by atoms with Crippen molar-refractivity contribution >= 4 is 17.3 Å². The van der Waals surface area contributed by atoms with E-state index in [0.29, 0.717) is 17.9 Å². The number of carbonyl (C=O) groups excluding carboxylic acids is 1. The van der Waals surface area contributed by atoms with Crippen molar-refractivity contribution in [2.45, 2.75) is 65.2 Å². The van der Waals surface area contributed by atoms with Crippen molar-refractivity contribution < 1.29 is 14.3 Å². The van der Waals surface area contributed by atoms with Crippen molar-refractivity contribution in [2.75, 3.05) is 13.2 Å². The molecule has 2 rings (SSSR count). The molecule has 0 saturated heterocycles. The summed E-state index contributed by atoms with van der Waals surface area (Å²) < 4.78 is 11.1. The average molecular weight is 411 g/mol. The van der Waals surface area contributed by atoms with Crippen LogP contribution in [0.2, 0.25) is 0 Å². The Kier molecular flexibility index (Phi) is 11.3. The summed E-state index contributed by atoms with van der Waals surface area (Å²) in [4.78, 5) is 12.2. The molecule has 0 aliphatic carbocycles. The van der Waals surface area contributed by atoms with Gasteiger partial charge < -0.3 is 9.47 Å². The van der Waals surface area contributed by atoms with E-state index < -0.39 is 0 Å². The molecule has 0 aliphatic heterocycles. The molecule has 0 unspecified atom stereocenters. The Morgan fingerprint density at radius 3 is 2.13 bits per heavy atom. The van der Waals surface area contributed by atoms with Crippen LogP contribution in [0, 0.1) is 0 Å². The smallest absolute Gasteiger partial charge is 0.338 e. The maximum atomic E-state index is 12.2. The quantitative estimate of drug-likeness (QED) is 0.181. The SMILES string of the molecule is CCCCCCOC(=O)c1cccc(N=Nc2ccc(OCCCCCC)cc2)c1. The summed E-state index contributed by atoms with van der Waals surface area (Å²) in [5, 5.41) is 8.49. The van der Waals surface area contributed by atoms with Crippen LogP contribution < -0.4 is 4.74 Å². The summed E-state index contributed by atoms with van der Waals surface area (Å²) in [6.07, 6.45) is 9.07. The molecule has 0 aromatic heterocycles. The van der Waals surface area contributed by atoms with Crippen LogP contribution in [0.15, 0.2) is 58.8 Å². The fourth-order valence-corrected chi connectivity index (χ4v) is 2.92. The minimum atomic E-state index is -0.316. The molecule has 0 radical (unpaired) electrons. The molecule has 0 fully saturated rings. The first kappa shape index (κ1) is 23.6. The van der Waals surface area contributed by atoms with Gasteiger partial charge in [0.25, 0.3) is 0 Å². The molecule has 162 valence electrons. The molecule has 0 atom stereocenters. The zero-order chi connectivity index (χ0) is 21.4. The van der Waals surface area contributed by atoms with Gasteiger partial charge in [-0.05, 0) is 55.3 Å². The number of esters is 1. The van der Waals surface area contributed by atoms with E-state index in [2.05, 4.69) is 24.1 Å². The molecule has 0 bridgehead atoms. The maximum Gasteiger partial charge on any atom is 0.338 e. The molecule has 30 heavy (non-hydrogen) atoms. The number of hydrogen-bond acceptors (Lipinski definition) is 5. The Hall–Kier alpha value is -2.69. The topological polar surface area (TPSA) is 60.2 Å². The zero-order valence-electron chi connectivity index (χ0n) is 18.3. The Bertz CT molecular complexity index is 772. The second kappa shape index (κ2) is 14.3. The molecule has 0 heterocycles. The second-order valence-corrected chi connectivity index (χ2v) is 7.35. The van der Waals surface area contributed by atoms with Crippen LogP contribution in [0.4, 0.5) is 11.4 Å². The van der Waals surface area contributed by atoms with Gasteiger partial charge in [-0.3, -0.25) is 0 Å². The monoisotopic (exact) mass is 410 g/mol. The lowest BCUT2D eigenvalue weighted by molar-refractivity contribution is 0.0498. The summed E-state index contributed by atoms with van der Waals surface area (Å²) in [7, 11) is 0. The van der Waals surface area contributed by atoms with Crippen LogP contribution >= 0.6 is 0 Å². The van der Waals surface area contributed by atoms with Gasteiger partial charge in [0.05, 0.1) is 30.2 Å². The van der Waals surface area contributed by atoms with Gasteiger partial charge in [-0.1, -0.05) is 58.4 Å². The lowest BCUT2D eigenvalue weighted by atomic mass is 10.2. The van der Waals surface area contributed by atoms with Gasteiger partial charge in [0.15, 0.2) is 0 Å². The Morgan fingerprint density at radius 2 is 1.43 bits per heavy atom. The van der Waals surface area contributed by atoms with Gasteiger partial charge in [0.2, 0.25) is 0 Å². The summed E-state index contributed by atoms with van der Waals surface area (Å²) in [5.41, 5.74) is 1.85. The predicted molar refractivity (Wildman–Crippen MR) is 121 cm³/mol. The highest BCUT2D eigenvalue weighted by Crippen LogP contribution is 2.22. The van der Waals surface area contributed by atoms with E-state index in [0.717, 1.165) is 43.7 Å². The van der Waals surface area contributed by atoms with Gasteiger partial charge in [-0.2, -0.15) is 10.2 Å². The molecule has 2 aromatic carbocycles. The van der Waals surface area contributed by atoms with E-state index >= 15 is 0 Å². The average Bonchev–Trinajstić information content (AvgIpc) is 2.78. The highest BCUT2D eigenvalue weighted by atomic mass is 16.5. The van der Waals surface area contributed by atoms with Gasteiger partial charge in [0.1, 0.15) is 5.75 Å². The van der Waals surface area contributed by atoms with Crippen LogP contribution in [0.1, 0.15) is 75.6 Å². The molecule has 0 amide bonds. The summed E-state index contributed by atoms with van der Waals surface area (Å²) in [6.45, 7) is 5.55. The number of carbonyl (C=O) groups is 1. The maximum absolute atomic E-state index is 12.2. The standard InChI is InChI=1S/C25H34N2O3/c1-3-5-7-9-18-29-24-16-14-22(15-17-24)26-27-23-13-11-12-21(20-23)25(28)30-19-10-8-6-4-2/h11-17,20H,3-10,18-19H2,1-2H3. The van der Waals surface area contributed by atoms with Gasteiger partial charge in [-0.25, -0.2) is 4.79 Å². The number of unbranched alkanes of at least 4 members (excludes halogenated alkanes) is 6. The van der Waals surface area contributed by atoms with Gasteiger partial charge in [-0.15, -0.1) is 0 Å². The van der Waals surface area contributed by atoms with Gasteiger partial charge in [0, 0.05) is 0 Å². The minimum absolute atomic E-state index is 0.316. The van der Waals surface area contributed by atoms with E-state index in [9.17, 15) is 4.79 Å². The molecule has 2 aromatic rings. The van der Waals surface area contributed by atoms with E-state index in [1.165, 1.54) is 25.7 Å². The fraction of sp³-hybridized carbons (Fsp3) is 0.480. The van der Waals surface area contributed by atoms with Crippen LogP contribution in [-0.4, -0.2) is 19.2 Å². The molecule has 0 saturated carbocycles. The highest BCUT2D eigenvalue weighted by Gasteiger charge is 2.07. The van der Waals surface area contributed by atoms with Crippen molar-refractivity contribution in [3.8, 4) is 5.75 Å².